The van der Waals surface area contributed by atoms with E-state index in [1.807, 2.05) is 48.1 Å². The molecule has 1 N–H and O–H groups in total. The lowest BCUT2D eigenvalue weighted by molar-refractivity contribution is 0.0954. The van der Waals surface area contributed by atoms with Gasteiger partial charge in [-0.05, 0) is 50.6 Å². The minimum atomic E-state index is -0.0397. The summed E-state index contributed by atoms with van der Waals surface area (Å²) in [5.41, 5.74) is 3.74. The molecular weight excluding hydrogens is 376 g/mol. The van der Waals surface area contributed by atoms with Crippen LogP contribution >= 0.6 is 0 Å². The summed E-state index contributed by atoms with van der Waals surface area (Å²) in [5, 5.41) is 7.36. The molecule has 1 aliphatic heterocycles. The van der Waals surface area contributed by atoms with Crippen LogP contribution in [-0.4, -0.2) is 64.7 Å². The molecule has 3 aromatic heterocycles. The Kier molecular flexibility index (Phi) is 6.59. The smallest absolute Gasteiger partial charge is 0.255 e. The number of nitrogens with zero attached hydrogens (tertiary/aromatic N) is 5. The lowest BCUT2D eigenvalue weighted by atomic mass is 10.2. The third kappa shape index (κ3) is 4.79. The molecule has 1 fully saturated rings. The monoisotopic (exact) mass is 406 g/mol. The number of pyridine rings is 2. The van der Waals surface area contributed by atoms with E-state index >= 15 is 0 Å². The summed E-state index contributed by atoms with van der Waals surface area (Å²) in [5.74, 6) is -0.0397. The molecule has 1 amide bonds. The zero-order chi connectivity index (χ0) is 20.8. The summed E-state index contributed by atoms with van der Waals surface area (Å²) in [7, 11) is 0. The highest BCUT2D eigenvalue weighted by Crippen LogP contribution is 2.15. The third-order valence-electron chi connectivity index (χ3n) is 5.80. The maximum atomic E-state index is 12.5. The van der Waals surface area contributed by atoms with Crippen molar-refractivity contribution in [3.05, 3.63) is 60.2 Å². The Hall–Kier alpha value is -2.93. The molecule has 0 unspecified atom stereocenters. The van der Waals surface area contributed by atoms with Crippen LogP contribution in [0, 0.1) is 6.92 Å². The fraction of sp³-hybridized carbons (Fsp3) is 0.435. The lowest BCUT2D eigenvalue weighted by Gasteiger charge is -2.35. The average Bonchev–Trinajstić information content (AvgIpc) is 3.23. The molecule has 0 radical (unpaired) electrons. The number of hydrogen-bond donors (Lipinski definition) is 1. The number of aryl methyl sites for hydroxylation is 1. The molecule has 158 valence electrons. The number of carbonyl (C=O) groups is 1. The van der Waals surface area contributed by atoms with E-state index in [9.17, 15) is 4.79 Å². The van der Waals surface area contributed by atoms with Gasteiger partial charge in [0.2, 0.25) is 0 Å². The first-order chi connectivity index (χ1) is 14.7. The highest BCUT2D eigenvalue weighted by molar-refractivity contribution is 6.00. The molecule has 4 heterocycles. The average molecular weight is 407 g/mol. The quantitative estimate of drug-likeness (QED) is 0.583. The van der Waals surface area contributed by atoms with Crippen LogP contribution in [0.1, 0.15) is 35.3 Å². The normalized spacial score (nSPS) is 14.9. The van der Waals surface area contributed by atoms with E-state index in [-0.39, 0.29) is 5.91 Å². The Morgan fingerprint density at radius 3 is 2.70 bits per heavy atom. The van der Waals surface area contributed by atoms with Gasteiger partial charge in [0, 0.05) is 44.6 Å². The number of aromatic nitrogens is 3. The van der Waals surface area contributed by atoms with E-state index in [0.717, 1.165) is 56.8 Å². The SMILES string of the molecule is Cc1cccc2c(C(=O)NCCCCCN3CCN(c4cccnc4)CC3)cnn12. The number of fused-ring (bicyclic) bond motifs is 1. The predicted octanol–water partition coefficient (Wildman–Crippen LogP) is 2.76. The molecule has 0 saturated carbocycles. The maximum Gasteiger partial charge on any atom is 0.255 e. The number of piperazine rings is 1. The summed E-state index contributed by atoms with van der Waals surface area (Å²) in [6, 6.07) is 10.0. The van der Waals surface area contributed by atoms with E-state index in [0.29, 0.717) is 12.1 Å². The highest BCUT2D eigenvalue weighted by atomic mass is 16.1. The van der Waals surface area contributed by atoms with Crippen LogP contribution < -0.4 is 10.2 Å². The molecule has 0 spiro atoms. The zero-order valence-corrected chi connectivity index (χ0v) is 17.6. The lowest BCUT2D eigenvalue weighted by Crippen LogP contribution is -2.46. The number of nitrogens with one attached hydrogen (secondary N) is 1. The third-order valence-corrected chi connectivity index (χ3v) is 5.80. The molecule has 1 saturated heterocycles. The first kappa shape index (κ1) is 20.3. The predicted molar refractivity (Wildman–Crippen MR) is 119 cm³/mol. The van der Waals surface area contributed by atoms with E-state index in [1.165, 1.54) is 12.1 Å². The van der Waals surface area contributed by atoms with E-state index in [2.05, 4.69) is 31.3 Å². The van der Waals surface area contributed by atoms with E-state index in [4.69, 9.17) is 0 Å². The van der Waals surface area contributed by atoms with Crippen molar-refractivity contribution in [1.29, 1.82) is 0 Å². The largest absolute Gasteiger partial charge is 0.368 e. The molecule has 7 nitrogen and oxygen atoms in total. The highest BCUT2D eigenvalue weighted by Gasteiger charge is 2.17. The van der Waals surface area contributed by atoms with Gasteiger partial charge in [-0.2, -0.15) is 5.10 Å². The number of carbonyl (C=O) groups excluding carboxylic acids is 1. The summed E-state index contributed by atoms with van der Waals surface area (Å²) < 4.78 is 1.81. The fourth-order valence-electron chi connectivity index (χ4n) is 4.03. The van der Waals surface area contributed by atoms with Gasteiger partial charge in [-0.25, -0.2) is 4.52 Å². The molecular formula is C23H30N6O. The molecule has 0 aromatic carbocycles. The molecule has 3 aromatic rings. The van der Waals surface area contributed by atoms with E-state index < -0.39 is 0 Å². The number of amides is 1. The second kappa shape index (κ2) is 9.71. The maximum absolute atomic E-state index is 12.5. The first-order valence-electron chi connectivity index (χ1n) is 10.8. The molecule has 0 bridgehead atoms. The summed E-state index contributed by atoms with van der Waals surface area (Å²) in [4.78, 5) is 21.6. The standard InChI is InChI=1S/C23H30N6O/c1-19-7-5-9-22-21(18-26-29(19)22)23(30)25-11-3-2-4-12-27-13-15-28(16-14-27)20-8-6-10-24-17-20/h5-10,17-18H,2-4,11-16H2,1H3,(H,25,30). The van der Waals surface area contributed by atoms with Gasteiger partial charge in [0.15, 0.2) is 0 Å². The van der Waals surface area contributed by atoms with Gasteiger partial charge in [-0.15, -0.1) is 0 Å². The number of hydrogen-bond acceptors (Lipinski definition) is 5. The number of unbranched alkanes of at least 4 members (excludes halogenated alkanes) is 2. The van der Waals surface area contributed by atoms with Crippen LogP contribution in [0.4, 0.5) is 5.69 Å². The van der Waals surface area contributed by atoms with Crippen molar-refractivity contribution in [2.75, 3.05) is 44.2 Å². The van der Waals surface area contributed by atoms with Crippen LogP contribution in [-0.2, 0) is 0 Å². The second-order valence-corrected chi connectivity index (χ2v) is 7.88. The second-order valence-electron chi connectivity index (χ2n) is 7.88. The molecule has 1 aliphatic rings. The minimum absolute atomic E-state index is 0.0397. The van der Waals surface area contributed by atoms with Crippen molar-refractivity contribution in [1.82, 2.24) is 24.8 Å². The summed E-state index contributed by atoms with van der Waals surface area (Å²) >= 11 is 0. The molecule has 0 aliphatic carbocycles. The van der Waals surface area contributed by atoms with Crippen molar-refractivity contribution < 1.29 is 4.79 Å². The van der Waals surface area contributed by atoms with Gasteiger partial charge < -0.3 is 10.2 Å². The van der Waals surface area contributed by atoms with Crippen molar-refractivity contribution in [2.24, 2.45) is 0 Å². The first-order valence-corrected chi connectivity index (χ1v) is 10.8. The number of rotatable bonds is 8. The Bertz CT molecular complexity index is 962. The Morgan fingerprint density at radius 1 is 1.03 bits per heavy atom. The van der Waals surface area contributed by atoms with Crippen molar-refractivity contribution >= 4 is 17.1 Å². The Labute approximate surface area is 177 Å². The van der Waals surface area contributed by atoms with Crippen LogP contribution in [0.3, 0.4) is 0 Å². The van der Waals surface area contributed by atoms with Gasteiger partial charge >= 0.3 is 0 Å². The van der Waals surface area contributed by atoms with E-state index in [1.54, 1.807) is 6.20 Å². The van der Waals surface area contributed by atoms with Crippen LogP contribution in [0.25, 0.3) is 5.52 Å². The van der Waals surface area contributed by atoms with Gasteiger partial charge in [-0.1, -0.05) is 12.5 Å². The molecule has 0 atom stereocenters. The Morgan fingerprint density at radius 2 is 1.90 bits per heavy atom. The topological polar surface area (TPSA) is 65.8 Å². The fourth-order valence-corrected chi connectivity index (χ4v) is 4.03. The van der Waals surface area contributed by atoms with Crippen molar-refractivity contribution in [3.63, 3.8) is 0 Å². The molecule has 7 heteroatoms. The van der Waals surface area contributed by atoms with Gasteiger partial charge in [0.05, 0.1) is 29.2 Å². The van der Waals surface area contributed by atoms with Crippen LogP contribution in [0.5, 0.6) is 0 Å². The molecule has 30 heavy (non-hydrogen) atoms. The van der Waals surface area contributed by atoms with Gasteiger partial charge in [0.25, 0.3) is 5.91 Å². The summed E-state index contributed by atoms with van der Waals surface area (Å²) in [6.07, 6.45) is 8.71. The van der Waals surface area contributed by atoms with Gasteiger partial charge in [-0.3, -0.25) is 14.7 Å². The van der Waals surface area contributed by atoms with Gasteiger partial charge in [0.1, 0.15) is 0 Å². The Balaban J connectivity index is 1.12. The molecule has 4 rings (SSSR count). The minimum Gasteiger partial charge on any atom is -0.368 e. The van der Waals surface area contributed by atoms with Crippen molar-refractivity contribution in [2.45, 2.75) is 26.2 Å². The van der Waals surface area contributed by atoms with Crippen LogP contribution in [0.15, 0.2) is 48.9 Å². The summed E-state index contributed by atoms with van der Waals surface area (Å²) in [6.45, 7) is 8.13. The number of anilines is 1. The van der Waals surface area contributed by atoms with Crippen LogP contribution in [0.2, 0.25) is 0 Å². The van der Waals surface area contributed by atoms with Crippen molar-refractivity contribution in [3.8, 4) is 0 Å². The zero-order valence-electron chi connectivity index (χ0n) is 17.6.